The molecule has 1 heterocycles. The van der Waals surface area contributed by atoms with Crippen LogP contribution in [0.2, 0.25) is 0 Å². The predicted octanol–water partition coefficient (Wildman–Crippen LogP) is 2.04. The van der Waals surface area contributed by atoms with Crippen molar-refractivity contribution in [3.8, 4) is 16.9 Å². The number of ether oxygens (including phenoxy) is 1. The molecule has 0 aliphatic rings. The normalized spacial score (nSPS) is 10.8. The first-order valence-corrected chi connectivity index (χ1v) is 7.69. The number of carbonyl (C=O) groups excluding carboxylic acids is 1. The molecule has 0 saturated carbocycles. The monoisotopic (exact) mass is 340 g/mol. The largest absolute Gasteiger partial charge is 0.496 e. The molecule has 0 spiro atoms. The van der Waals surface area contributed by atoms with Gasteiger partial charge in [0.15, 0.2) is 5.69 Å². The number of methoxy groups -OCH3 is 1. The van der Waals surface area contributed by atoms with Crippen LogP contribution in [0.4, 0.5) is 4.39 Å². The van der Waals surface area contributed by atoms with E-state index in [4.69, 9.17) is 16.2 Å². The van der Waals surface area contributed by atoms with E-state index in [0.717, 1.165) is 0 Å². The van der Waals surface area contributed by atoms with Gasteiger partial charge in [0.25, 0.3) is 5.91 Å². The molecule has 0 unspecified atom stereocenters. The molecule has 25 heavy (non-hydrogen) atoms. The van der Waals surface area contributed by atoms with E-state index in [2.05, 4.69) is 10.2 Å². The molecular weight excluding hydrogens is 323 g/mol. The lowest BCUT2D eigenvalue weighted by atomic mass is 9.96. The van der Waals surface area contributed by atoms with Crippen molar-refractivity contribution in [2.24, 2.45) is 11.5 Å². The Morgan fingerprint density at radius 2 is 1.96 bits per heavy atom. The van der Waals surface area contributed by atoms with Gasteiger partial charge in [-0.1, -0.05) is 24.3 Å². The number of nitrogens with two attached hydrogens (primary N) is 2. The van der Waals surface area contributed by atoms with Gasteiger partial charge in [-0.25, -0.2) is 4.39 Å². The van der Waals surface area contributed by atoms with Crippen molar-refractivity contribution in [1.29, 1.82) is 0 Å². The number of carbonyl (C=O) groups is 1. The number of nitrogens with zero attached hydrogens (tertiary/aromatic N) is 2. The van der Waals surface area contributed by atoms with E-state index in [0.29, 0.717) is 40.7 Å². The third kappa shape index (κ3) is 2.89. The van der Waals surface area contributed by atoms with Crippen LogP contribution in [0.3, 0.4) is 0 Å². The lowest BCUT2D eigenvalue weighted by Crippen LogP contribution is -2.19. The van der Waals surface area contributed by atoms with Crippen molar-refractivity contribution >= 4 is 16.8 Å². The van der Waals surface area contributed by atoms with Gasteiger partial charge < -0.3 is 16.2 Å². The quantitative estimate of drug-likeness (QED) is 0.740. The number of primary amides is 1. The van der Waals surface area contributed by atoms with E-state index in [1.54, 1.807) is 30.3 Å². The lowest BCUT2D eigenvalue weighted by molar-refractivity contribution is 0.0994. The van der Waals surface area contributed by atoms with Crippen molar-refractivity contribution in [2.45, 2.75) is 6.42 Å². The molecule has 1 aromatic heterocycles. The van der Waals surface area contributed by atoms with Crippen molar-refractivity contribution in [1.82, 2.24) is 10.2 Å². The van der Waals surface area contributed by atoms with Crippen molar-refractivity contribution < 1.29 is 13.9 Å². The van der Waals surface area contributed by atoms with E-state index < -0.39 is 11.7 Å². The van der Waals surface area contributed by atoms with Crippen LogP contribution < -0.4 is 16.2 Å². The summed E-state index contributed by atoms with van der Waals surface area (Å²) in [5.74, 6) is -0.728. The zero-order valence-corrected chi connectivity index (χ0v) is 13.6. The summed E-state index contributed by atoms with van der Waals surface area (Å²) >= 11 is 0. The molecule has 3 rings (SSSR count). The van der Waals surface area contributed by atoms with Crippen LogP contribution in [0, 0.1) is 5.82 Å². The highest BCUT2D eigenvalue weighted by molar-refractivity contribution is 6.01. The lowest BCUT2D eigenvalue weighted by Gasteiger charge is -2.14. The second-order valence-electron chi connectivity index (χ2n) is 5.45. The summed E-state index contributed by atoms with van der Waals surface area (Å²) in [6.07, 6.45) is 0.405. The Kier molecular flexibility index (Phi) is 4.58. The molecule has 0 radical (unpaired) electrons. The molecular formula is C18H17FN4O2. The highest BCUT2D eigenvalue weighted by atomic mass is 19.1. The van der Waals surface area contributed by atoms with Gasteiger partial charge >= 0.3 is 0 Å². The van der Waals surface area contributed by atoms with Gasteiger partial charge in [0.2, 0.25) is 0 Å². The van der Waals surface area contributed by atoms with Crippen LogP contribution >= 0.6 is 0 Å². The molecule has 0 aliphatic carbocycles. The van der Waals surface area contributed by atoms with E-state index in [9.17, 15) is 9.18 Å². The number of rotatable bonds is 5. The smallest absolute Gasteiger partial charge is 0.269 e. The first-order valence-electron chi connectivity index (χ1n) is 7.69. The molecule has 4 N–H and O–H groups in total. The van der Waals surface area contributed by atoms with Crippen molar-refractivity contribution in [3.05, 3.63) is 53.5 Å². The predicted molar refractivity (Wildman–Crippen MR) is 92.8 cm³/mol. The number of benzene rings is 2. The molecule has 0 aliphatic heterocycles. The summed E-state index contributed by atoms with van der Waals surface area (Å²) in [6, 6.07) is 9.87. The fourth-order valence-corrected chi connectivity index (χ4v) is 2.92. The summed E-state index contributed by atoms with van der Waals surface area (Å²) in [6.45, 7) is 0.314. The van der Waals surface area contributed by atoms with Gasteiger partial charge in [-0.15, -0.1) is 10.2 Å². The first kappa shape index (κ1) is 16.8. The highest BCUT2D eigenvalue weighted by Gasteiger charge is 2.20. The Balaban J connectivity index is 2.37. The number of hydrogen-bond acceptors (Lipinski definition) is 5. The first-order chi connectivity index (χ1) is 12.1. The number of halogens is 1. The number of hydrogen-bond donors (Lipinski definition) is 2. The zero-order chi connectivity index (χ0) is 18.0. The minimum atomic E-state index is -0.674. The van der Waals surface area contributed by atoms with Crippen molar-refractivity contribution in [2.75, 3.05) is 13.7 Å². The summed E-state index contributed by atoms with van der Waals surface area (Å²) in [5.41, 5.74) is 13.0. The third-order valence-corrected chi connectivity index (χ3v) is 3.99. The van der Waals surface area contributed by atoms with Crippen LogP contribution in [0.5, 0.6) is 5.75 Å². The number of aromatic nitrogens is 2. The van der Waals surface area contributed by atoms with Crippen LogP contribution in [0.15, 0.2) is 36.4 Å². The fourth-order valence-electron chi connectivity index (χ4n) is 2.92. The maximum atomic E-state index is 14.5. The average molecular weight is 340 g/mol. The van der Waals surface area contributed by atoms with Crippen LogP contribution in [-0.2, 0) is 6.42 Å². The van der Waals surface area contributed by atoms with Gasteiger partial charge in [-0.2, -0.15) is 0 Å². The Bertz CT molecular complexity index is 959. The van der Waals surface area contributed by atoms with Crippen LogP contribution in [0.25, 0.3) is 22.0 Å². The molecule has 0 saturated heterocycles. The molecule has 2 aromatic carbocycles. The molecule has 1 amide bonds. The number of amides is 1. The van der Waals surface area contributed by atoms with Crippen molar-refractivity contribution in [3.63, 3.8) is 0 Å². The molecule has 3 aromatic rings. The zero-order valence-electron chi connectivity index (χ0n) is 13.6. The summed E-state index contributed by atoms with van der Waals surface area (Å²) < 4.78 is 19.8. The van der Waals surface area contributed by atoms with Crippen LogP contribution in [-0.4, -0.2) is 29.8 Å². The molecule has 0 atom stereocenters. The third-order valence-electron chi connectivity index (χ3n) is 3.99. The molecule has 0 bridgehead atoms. The highest BCUT2D eigenvalue weighted by Crippen LogP contribution is 2.37. The maximum Gasteiger partial charge on any atom is 0.269 e. The van der Waals surface area contributed by atoms with Crippen LogP contribution in [0.1, 0.15) is 16.1 Å². The minimum absolute atomic E-state index is 0.0793. The molecule has 128 valence electrons. The van der Waals surface area contributed by atoms with E-state index in [1.165, 1.54) is 13.2 Å². The Labute approximate surface area is 143 Å². The molecule has 7 heteroatoms. The van der Waals surface area contributed by atoms with Gasteiger partial charge in [0, 0.05) is 10.9 Å². The summed E-state index contributed by atoms with van der Waals surface area (Å²) in [4.78, 5) is 11.6. The average Bonchev–Trinajstić information content (AvgIpc) is 2.61. The van der Waals surface area contributed by atoms with E-state index in [1.807, 2.05) is 0 Å². The standard InChI is InChI=1S/C18H17FN4O2/c1-25-14-7-3-6-13(19)15(14)12-5-2-4-10-11(8-9-20)17(18(21)24)23-22-16(10)12/h2-7H,8-9,20H2,1H3,(H2,21,24). The maximum absolute atomic E-state index is 14.5. The topological polar surface area (TPSA) is 104 Å². The van der Waals surface area contributed by atoms with Gasteiger partial charge in [0.05, 0.1) is 12.7 Å². The second kappa shape index (κ2) is 6.82. The summed E-state index contributed by atoms with van der Waals surface area (Å²) in [5, 5.41) is 8.74. The summed E-state index contributed by atoms with van der Waals surface area (Å²) in [7, 11) is 1.47. The fraction of sp³-hybridized carbons (Fsp3) is 0.167. The van der Waals surface area contributed by atoms with Gasteiger partial charge in [0.1, 0.15) is 17.1 Å². The molecule has 6 nitrogen and oxygen atoms in total. The minimum Gasteiger partial charge on any atom is -0.496 e. The molecule has 0 fully saturated rings. The van der Waals surface area contributed by atoms with Gasteiger partial charge in [-0.05, 0) is 30.7 Å². The van der Waals surface area contributed by atoms with E-state index in [-0.39, 0.29) is 11.3 Å². The Morgan fingerprint density at radius 3 is 2.64 bits per heavy atom. The second-order valence-corrected chi connectivity index (χ2v) is 5.45. The Morgan fingerprint density at radius 1 is 1.20 bits per heavy atom. The van der Waals surface area contributed by atoms with Gasteiger partial charge in [-0.3, -0.25) is 4.79 Å². The number of fused-ring (bicyclic) bond motifs is 1. The SMILES string of the molecule is COc1cccc(F)c1-c1cccc2c(CCN)c(C(N)=O)nnc12. The Hall–Kier alpha value is -3.06. The van der Waals surface area contributed by atoms with E-state index >= 15 is 0 Å².